The van der Waals surface area contributed by atoms with E-state index in [-0.39, 0.29) is 5.56 Å². The molecule has 0 amide bonds. The Bertz CT molecular complexity index is 553. The minimum atomic E-state index is -4.93. The smallest absolute Gasteiger partial charge is 0.432 e. The number of ether oxygens (including phenoxy) is 2. The maximum absolute atomic E-state index is 13.8. The van der Waals surface area contributed by atoms with E-state index in [0.29, 0.717) is 12.3 Å². The number of hydrogen-bond donors (Lipinski definition) is 0. The summed E-state index contributed by atoms with van der Waals surface area (Å²) < 4.78 is 51.3. The maximum atomic E-state index is 13.8. The van der Waals surface area contributed by atoms with E-state index < -0.39 is 23.9 Å². The van der Waals surface area contributed by atoms with Crippen molar-refractivity contribution in [1.29, 1.82) is 0 Å². The van der Waals surface area contributed by atoms with Crippen LogP contribution >= 0.6 is 0 Å². The molecular formula is C19H25F3O3. The van der Waals surface area contributed by atoms with Crippen LogP contribution in [0.15, 0.2) is 30.3 Å². The first-order valence-corrected chi connectivity index (χ1v) is 8.69. The monoisotopic (exact) mass is 358 g/mol. The number of carbonyl (C=O) groups is 1. The van der Waals surface area contributed by atoms with Crippen LogP contribution in [0, 0.1) is 5.92 Å². The van der Waals surface area contributed by atoms with E-state index in [1.54, 1.807) is 13.0 Å². The minimum Gasteiger partial charge on any atom is -0.460 e. The van der Waals surface area contributed by atoms with E-state index in [1.807, 2.05) is 0 Å². The summed E-state index contributed by atoms with van der Waals surface area (Å²) in [5.74, 6) is -1.01. The second-order valence-corrected chi connectivity index (χ2v) is 6.70. The molecule has 25 heavy (non-hydrogen) atoms. The summed E-state index contributed by atoms with van der Waals surface area (Å²) in [5, 5.41) is 0. The Labute approximate surface area is 146 Å². The number of hydrogen-bond acceptors (Lipinski definition) is 3. The zero-order valence-corrected chi connectivity index (χ0v) is 14.6. The fourth-order valence-electron chi connectivity index (χ4n) is 3.59. The van der Waals surface area contributed by atoms with Gasteiger partial charge in [-0.2, -0.15) is 13.2 Å². The number of rotatable bonds is 6. The third-order valence-corrected chi connectivity index (χ3v) is 4.87. The number of benzene rings is 1. The van der Waals surface area contributed by atoms with Gasteiger partial charge in [0.1, 0.15) is 0 Å². The van der Waals surface area contributed by atoms with Gasteiger partial charge < -0.3 is 9.47 Å². The third-order valence-electron chi connectivity index (χ3n) is 4.87. The van der Waals surface area contributed by atoms with Crippen molar-refractivity contribution in [2.24, 2.45) is 5.92 Å². The fourth-order valence-corrected chi connectivity index (χ4v) is 3.59. The molecule has 2 atom stereocenters. The zero-order chi connectivity index (χ0) is 18.5. The van der Waals surface area contributed by atoms with Gasteiger partial charge in [0.2, 0.25) is 0 Å². The molecule has 1 aliphatic carbocycles. The standard InChI is InChI=1S/C19H25F3O3/c1-14(13-15-9-5-3-6-10-15)25-17(23)18(24-2,19(20,21)22)16-11-7-4-8-12-16/h4,7-8,11-12,14-15H,3,5-6,9-10,13H2,1-2H3/t14-,18?/m0/s1. The summed E-state index contributed by atoms with van der Waals surface area (Å²) in [6, 6.07) is 6.91. The van der Waals surface area contributed by atoms with Crippen molar-refractivity contribution in [1.82, 2.24) is 0 Å². The predicted molar refractivity (Wildman–Crippen MR) is 87.9 cm³/mol. The van der Waals surface area contributed by atoms with E-state index in [0.717, 1.165) is 32.8 Å². The molecule has 6 heteroatoms. The normalized spacial score (nSPS) is 19.9. The highest BCUT2D eigenvalue weighted by Gasteiger charge is 2.64. The largest absolute Gasteiger partial charge is 0.460 e. The average Bonchev–Trinajstić information content (AvgIpc) is 2.56. The SMILES string of the molecule is COC(C(=O)O[C@@H](C)CC1CCCCC1)(c1ccccc1)C(F)(F)F. The molecule has 1 aliphatic rings. The maximum Gasteiger partial charge on any atom is 0.432 e. The number of carbonyl (C=O) groups excluding carboxylic acids is 1. The Morgan fingerprint density at radius 1 is 1.16 bits per heavy atom. The summed E-state index contributed by atoms with van der Waals surface area (Å²) in [6.45, 7) is 1.65. The molecule has 0 spiro atoms. The number of esters is 1. The van der Waals surface area contributed by atoms with Gasteiger partial charge in [0.25, 0.3) is 5.60 Å². The molecule has 0 N–H and O–H groups in total. The molecule has 0 bridgehead atoms. The predicted octanol–water partition coefficient (Wildman–Crippen LogP) is 4.99. The van der Waals surface area contributed by atoms with Crippen LogP contribution in [0.2, 0.25) is 0 Å². The van der Waals surface area contributed by atoms with Crippen molar-refractivity contribution in [2.75, 3.05) is 7.11 Å². The van der Waals surface area contributed by atoms with E-state index in [4.69, 9.17) is 9.47 Å². The fraction of sp³-hybridized carbons (Fsp3) is 0.632. The summed E-state index contributed by atoms with van der Waals surface area (Å²) in [6.07, 6.45) is 0.587. The van der Waals surface area contributed by atoms with Crippen LogP contribution in [-0.4, -0.2) is 25.4 Å². The first-order valence-electron chi connectivity index (χ1n) is 8.69. The summed E-state index contributed by atoms with van der Waals surface area (Å²) in [7, 11) is 0.882. The highest BCUT2D eigenvalue weighted by molar-refractivity contribution is 5.82. The molecule has 0 saturated heterocycles. The lowest BCUT2D eigenvalue weighted by molar-refractivity contribution is -0.278. The molecular weight excluding hydrogens is 333 g/mol. The minimum absolute atomic E-state index is 0.278. The molecule has 1 aromatic carbocycles. The molecule has 1 unspecified atom stereocenters. The molecule has 0 radical (unpaired) electrons. The average molecular weight is 358 g/mol. The Morgan fingerprint density at radius 2 is 1.76 bits per heavy atom. The van der Waals surface area contributed by atoms with Gasteiger partial charge in [-0.3, -0.25) is 0 Å². The molecule has 0 aliphatic heterocycles. The van der Waals surface area contributed by atoms with Crippen LogP contribution in [0.3, 0.4) is 0 Å². The van der Waals surface area contributed by atoms with E-state index in [9.17, 15) is 18.0 Å². The van der Waals surface area contributed by atoms with Crippen molar-refractivity contribution in [2.45, 2.75) is 63.3 Å². The molecule has 1 aromatic rings. The Morgan fingerprint density at radius 3 is 2.28 bits per heavy atom. The lowest BCUT2D eigenvalue weighted by Crippen LogP contribution is -2.52. The van der Waals surface area contributed by atoms with Crippen molar-refractivity contribution < 1.29 is 27.4 Å². The number of halogens is 3. The van der Waals surface area contributed by atoms with Gasteiger partial charge in [0.15, 0.2) is 0 Å². The summed E-state index contributed by atoms with van der Waals surface area (Å²) in [4.78, 5) is 12.5. The Hall–Kier alpha value is -1.56. The molecule has 0 heterocycles. The van der Waals surface area contributed by atoms with Crippen molar-refractivity contribution >= 4 is 5.97 Å². The first-order chi connectivity index (χ1) is 11.8. The van der Waals surface area contributed by atoms with E-state index >= 15 is 0 Å². The third kappa shape index (κ3) is 4.35. The molecule has 1 fully saturated rings. The molecule has 0 aromatic heterocycles. The van der Waals surface area contributed by atoms with Crippen molar-refractivity contribution in [3.8, 4) is 0 Å². The summed E-state index contributed by atoms with van der Waals surface area (Å²) >= 11 is 0. The second kappa shape index (κ2) is 8.21. The van der Waals surface area contributed by atoms with Crippen LogP contribution in [0.5, 0.6) is 0 Å². The second-order valence-electron chi connectivity index (χ2n) is 6.70. The number of methoxy groups -OCH3 is 1. The molecule has 140 valence electrons. The lowest BCUT2D eigenvalue weighted by Gasteiger charge is -2.34. The van der Waals surface area contributed by atoms with Crippen LogP contribution < -0.4 is 0 Å². The van der Waals surface area contributed by atoms with Gasteiger partial charge in [-0.15, -0.1) is 0 Å². The zero-order valence-electron chi connectivity index (χ0n) is 14.6. The van der Waals surface area contributed by atoms with Crippen LogP contribution in [-0.2, 0) is 19.9 Å². The van der Waals surface area contributed by atoms with Gasteiger partial charge in [-0.25, -0.2) is 4.79 Å². The highest BCUT2D eigenvalue weighted by atomic mass is 19.4. The Kier molecular flexibility index (Phi) is 6.49. The topological polar surface area (TPSA) is 35.5 Å². The van der Waals surface area contributed by atoms with E-state index in [1.165, 1.54) is 30.7 Å². The highest BCUT2D eigenvalue weighted by Crippen LogP contribution is 2.43. The van der Waals surface area contributed by atoms with Crippen molar-refractivity contribution in [3.63, 3.8) is 0 Å². The first kappa shape index (κ1) is 19.8. The van der Waals surface area contributed by atoms with Crippen molar-refractivity contribution in [3.05, 3.63) is 35.9 Å². The number of alkyl halides is 3. The molecule has 2 rings (SSSR count). The Balaban J connectivity index is 2.18. The van der Waals surface area contributed by atoms with Gasteiger partial charge in [-0.05, 0) is 19.3 Å². The van der Waals surface area contributed by atoms with Gasteiger partial charge in [0.05, 0.1) is 6.10 Å². The molecule has 1 saturated carbocycles. The van der Waals surface area contributed by atoms with E-state index in [2.05, 4.69) is 0 Å². The van der Waals surface area contributed by atoms with Gasteiger partial charge in [0, 0.05) is 12.7 Å². The molecule has 3 nitrogen and oxygen atoms in total. The van der Waals surface area contributed by atoms with Crippen LogP contribution in [0.4, 0.5) is 13.2 Å². The van der Waals surface area contributed by atoms with Gasteiger partial charge >= 0.3 is 12.1 Å². The summed E-state index contributed by atoms with van der Waals surface area (Å²) in [5.41, 5.74) is -3.38. The van der Waals surface area contributed by atoms with Gasteiger partial charge in [-0.1, -0.05) is 62.4 Å². The quantitative estimate of drug-likeness (QED) is 0.672. The lowest BCUT2D eigenvalue weighted by atomic mass is 9.85. The van der Waals surface area contributed by atoms with Crippen LogP contribution in [0.1, 0.15) is 51.0 Å². The van der Waals surface area contributed by atoms with Crippen LogP contribution in [0.25, 0.3) is 0 Å².